The normalized spacial score (nSPS) is 11.6. The summed E-state index contributed by atoms with van der Waals surface area (Å²) < 4.78 is 299. The first-order chi connectivity index (χ1) is 26.0. The summed E-state index contributed by atoms with van der Waals surface area (Å²) in [6.07, 6.45) is -2.83. The molecular formula is C33H13BF20OS. The van der Waals surface area contributed by atoms with E-state index in [4.69, 9.17) is 4.74 Å². The van der Waals surface area contributed by atoms with E-state index >= 15 is 35.1 Å². The first kappa shape index (κ1) is 43.6. The minimum Gasteiger partial charge on any atom is -0.492 e. The molecule has 0 aromatic heterocycles. The molecule has 5 aromatic rings. The molecule has 0 heterocycles. The van der Waals surface area contributed by atoms with E-state index in [0.717, 1.165) is 5.75 Å². The highest BCUT2D eigenvalue weighted by atomic mass is 32.2. The Morgan fingerprint density at radius 2 is 0.536 bits per heavy atom. The summed E-state index contributed by atoms with van der Waals surface area (Å²) in [5.74, 6) is -70.4. The predicted octanol–water partition coefficient (Wildman–Crippen LogP) is 7.78. The van der Waals surface area contributed by atoms with Crippen molar-refractivity contribution in [3.05, 3.63) is 141 Å². The van der Waals surface area contributed by atoms with Crippen LogP contribution in [0.15, 0.2) is 29.2 Å². The van der Waals surface area contributed by atoms with Crippen molar-refractivity contribution in [3.8, 4) is 5.75 Å². The standard InChI is InChI=1S/C24BF20.C9H13OS/c26-5-1(6(27)14(35)21(42)13(5)34)25(2-7(28)15(36)22(43)16(37)8(2)29,3-9(30)17(38)23(44)18(39)10(3)31)4-11(32)19(40)24(45)20(41)12(4)33;1-10-8-6-4-5-7-9(8)11(2)3/h;4-7H,1-3H3/q-1;+1. The summed E-state index contributed by atoms with van der Waals surface area (Å²) in [4.78, 5) is 1.30. The maximum absolute atomic E-state index is 15.4. The van der Waals surface area contributed by atoms with E-state index in [1.807, 2.05) is 18.2 Å². The lowest BCUT2D eigenvalue weighted by Crippen LogP contribution is -2.81. The van der Waals surface area contributed by atoms with Crippen molar-refractivity contribution >= 4 is 38.9 Å². The molecular weight excluding hydrogens is 835 g/mol. The van der Waals surface area contributed by atoms with Crippen LogP contribution in [0.25, 0.3) is 0 Å². The zero-order valence-electron chi connectivity index (χ0n) is 27.3. The van der Waals surface area contributed by atoms with Crippen LogP contribution in [0.1, 0.15) is 0 Å². The van der Waals surface area contributed by atoms with E-state index in [1.165, 1.54) is 4.90 Å². The molecule has 0 saturated heterocycles. The molecule has 0 N–H and O–H groups in total. The number of methoxy groups -OCH3 is 1. The summed E-state index contributed by atoms with van der Waals surface area (Å²) in [5, 5.41) is 0. The molecule has 23 heteroatoms. The van der Waals surface area contributed by atoms with Crippen molar-refractivity contribution in [3.63, 3.8) is 0 Å². The quantitative estimate of drug-likeness (QED) is 0.0559. The zero-order chi connectivity index (χ0) is 42.6. The fraction of sp³-hybridized carbons (Fsp3) is 0.0909. The Morgan fingerprint density at radius 1 is 0.339 bits per heavy atom. The molecule has 0 aliphatic heterocycles. The summed E-state index contributed by atoms with van der Waals surface area (Å²) >= 11 is 0. The first-order valence-electron chi connectivity index (χ1n) is 14.4. The molecule has 0 amide bonds. The van der Waals surface area contributed by atoms with Crippen LogP contribution >= 0.6 is 0 Å². The van der Waals surface area contributed by atoms with Crippen LogP contribution in [0.3, 0.4) is 0 Å². The van der Waals surface area contributed by atoms with Crippen molar-refractivity contribution in [2.24, 2.45) is 0 Å². The highest BCUT2D eigenvalue weighted by molar-refractivity contribution is 7.95. The van der Waals surface area contributed by atoms with Gasteiger partial charge in [0.1, 0.15) is 65.2 Å². The highest BCUT2D eigenvalue weighted by Gasteiger charge is 2.52. The molecule has 300 valence electrons. The SMILES string of the molecule is COc1ccccc1[S+](C)C.Fc1c(F)c(F)c([B-](c2c(F)c(F)c(F)c(F)c2F)(c2c(F)c(F)c(F)c(F)c2F)c2c(F)c(F)c(F)c(F)c2F)c(F)c1F. The van der Waals surface area contributed by atoms with Gasteiger partial charge in [0, 0.05) is 10.9 Å². The van der Waals surface area contributed by atoms with Crippen LogP contribution in [-0.4, -0.2) is 25.8 Å². The molecule has 0 saturated carbocycles. The van der Waals surface area contributed by atoms with E-state index in [1.54, 1.807) is 7.11 Å². The number of hydrogen-bond donors (Lipinski definition) is 0. The average molecular weight is 848 g/mol. The van der Waals surface area contributed by atoms with Crippen LogP contribution in [0, 0.1) is 116 Å². The number of halogens is 20. The third-order valence-electron chi connectivity index (χ3n) is 8.22. The van der Waals surface area contributed by atoms with Gasteiger partial charge < -0.3 is 4.74 Å². The Bertz CT molecular complexity index is 2020. The Kier molecular flexibility index (Phi) is 12.3. The van der Waals surface area contributed by atoms with Crippen LogP contribution in [0.4, 0.5) is 87.8 Å². The van der Waals surface area contributed by atoms with Gasteiger partial charge in [0.05, 0.1) is 7.11 Å². The molecule has 0 unspecified atom stereocenters. The van der Waals surface area contributed by atoms with Crippen molar-refractivity contribution in [1.29, 1.82) is 0 Å². The van der Waals surface area contributed by atoms with E-state index < -0.39 is 144 Å². The molecule has 5 aromatic carbocycles. The zero-order valence-corrected chi connectivity index (χ0v) is 28.1. The van der Waals surface area contributed by atoms with Crippen molar-refractivity contribution in [1.82, 2.24) is 0 Å². The maximum atomic E-state index is 15.4. The third kappa shape index (κ3) is 6.45. The van der Waals surface area contributed by atoms with E-state index in [-0.39, 0.29) is 10.9 Å². The molecule has 1 nitrogen and oxygen atoms in total. The van der Waals surface area contributed by atoms with Gasteiger partial charge in [-0.05, 0) is 12.1 Å². The van der Waals surface area contributed by atoms with Gasteiger partial charge in [-0.25, -0.2) is 87.8 Å². The topological polar surface area (TPSA) is 9.23 Å². The summed E-state index contributed by atoms with van der Waals surface area (Å²) in [6.45, 7) is 0. The Hall–Kier alpha value is -5.09. The smallest absolute Gasteiger partial charge is 0.200 e. The van der Waals surface area contributed by atoms with Gasteiger partial charge in [0.25, 0.3) is 0 Å². The monoisotopic (exact) mass is 848 g/mol. The van der Waals surface area contributed by atoms with Crippen LogP contribution < -0.4 is 26.6 Å². The summed E-state index contributed by atoms with van der Waals surface area (Å²) in [7, 11) is 2.00. The van der Waals surface area contributed by atoms with Crippen molar-refractivity contribution in [2.75, 3.05) is 19.6 Å². The lowest BCUT2D eigenvalue weighted by Gasteiger charge is -2.44. The maximum Gasteiger partial charge on any atom is 0.200 e. The lowest BCUT2D eigenvalue weighted by molar-refractivity contribution is 0.378. The van der Waals surface area contributed by atoms with Gasteiger partial charge in [0.15, 0.2) is 80.5 Å². The Balaban J connectivity index is 0.000000544. The Labute approximate surface area is 302 Å². The third-order valence-corrected chi connectivity index (χ3v) is 9.43. The van der Waals surface area contributed by atoms with E-state index in [9.17, 15) is 52.7 Å². The fourth-order valence-corrected chi connectivity index (χ4v) is 6.73. The Morgan fingerprint density at radius 3 is 0.714 bits per heavy atom. The highest BCUT2D eigenvalue weighted by Crippen LogP contribution is 2.31. The van der Waals surface area contributed by atoms with Gasteiger partial charge in [0.2, 0.25) is 0 Å². The second-order valence-corrected chi connectivity index (χ2v) is 13.3. The fourth-order valence-electron chi connectivity index (χ4n) is 5.83. The number of benzene rings is 5. The number of para-hydroxylation sites is 1. The molecule has 56 heavy (non-hydrogen) atoms. The molecule has 0 aliphatic rings. The first-order valence-corrected chi connectivity index (χ1v) is 16.4. The van der Waals surface area contributed by atoms with Crippen LogP contribution in [-0.2, 0) is 10.9 Å². The number of hydrogen-bond acceptors (Lipinski definition) is 1. The largest absolute Gasteiger partial charge is 0.492 e. The molecule has 0 aliphatic carbocycles. The molecule has 0 bridgehead atoms. The van der Waals surface area contributed by atoms with Crippen molar-refractivity contribution < 1.29 is 92.5 Å². The number of rotatable bonds is 6. The van der Waals surface area contributed by atoms with Crippen LogP contribution in [0.5, 0.6) is 5.75 Å². The predicted molar refractivity (Wildman–Crippen MR) is 160 cm³/mol. The lowest BCUT2D eigenvalue weighted by atomic mass is 9.12. The van der Waals surface area contributed by atoms with Crippen LogP contribution in [0.2, 0.25) is 0 Å². The van der Waals surface area contributed by atoms with Gasteiger partial charge in [-0.1, -0.05) is 12.1 Å². The van der Waals surface area contributed by atoms with Gasteiger partial charge in [-0.15, -0.1) is 21.9 Å². The molecule has 0 atom stereocenters. The van der Waals surface area contributed by atoms with E-state index in [0.29, 0.717) is 0 Å². The molecule has 5 rings (SSSR count). The van der Waals surface area contributed by atoms with Gasteiger partial charge >= 0.3 is 0 Å². The van der Waals surface area contributed by atoms with Gasteiger partial charge in [-0.2, -0.15) is 0 Å². The average Bonchev–Trinajstić information content (AvgIpc) is 3.17. The second kappa shape index (κ2) is 15.8. The van der Waals surface area contributed by atoms with Crippen molar-refractivity contribution in [2.45, 2.75) is 4.90 Å². The minimum absolute atomic E-state index is 0.285. The summed E-state index contributed by atoms with van der Waals surface area (Å²) in [6, 6.07) is 8.16. The molecule has 0 fully saturated rings. The molecule has 0 spiro atoms. The van der Waals surface area contributed by atoms with Gasteiger partial charge in [-0.3, -0.25) is 0 Å². The molecule has 0 radical (unpaired) electrons. The van der Waals surface area contributed by atoms with E-state index in [2.05, 4.69) is 18.6 Å². The second-order valence-electron chi connectivity index (χ2n) is 11.3. The number of ether oxygens (including phenoxy) is 1. The summed E-state index contributed by atoms with van der Waals surface area (Å²) in [5.41, 5.74) is -14.3. The minimum atomic E-state index is -7.22.